The zero-order chi connectivity index (χ0) is 21.5. The number of likely N-dealkylation sites (N-methyl/N-ethyl adjacent to an activating group) is 1. The van der Waals surface area contributed by atoms with Crippen LogP contribution in [0.3, 0.4) is 0 Å². The van der Waals surface area contributed by atoms with Gasteiger partial charge in [-0.3, -0.25) is 14.5 Å². The summed E-state index contributed by atoms with van der Waals surface area (Å²) in [6.07, 6.45) is 2.99. The van der Waals surface area contributed by atoms with Gasteiger partial charge >= 0.3 is 0 Å². The lowest BCUT2D eigenvalue weighted by atomic mass is 9.83. The van der Waals surface area contributed by atoms with Crippen molar-refractivity contribution in [3.8, 4) is 0 Å². The second-order valence-corrected chi connectivity index (χ2v) is 9.07. The molecule has 3 aliphatic rings. The van der Waals surface area contributed by atoms with Gasteiger partial charge in [0, 0.05) is 11.6 Å². The van der Waals surface area contributed by atoms with Crippen molar-refractivity contribution in [2.45, 2.75) is 44.4 Å². The summed E-state index contributed by atoms with van der Waals surface area (Å²) in [6, 6.07) is 2.04. The second kappa shape index (κ2) is 8.23. The SMILES string of the molecule is CC1CCC2(CC1)OC[C@H](C(=O)N1CC[NH+](C)CC1)N2C(=O)c1cc(F)cc(F)c1. The molecule has 2 amide bonds. The Morgan fingerprint density at radius 2 is 1.70 bits per heavy atom. The summed E-state index contributed by atoms with van der Waals surface area (Å²) in [5, 5.41) is 0. The minimum atomic E-state index is -0.884. The Morgan fingerprint density at radius 1 is 1.10 bits per heavy atom. The second-order valence-electron chi connectivity index (χ2n) is 9.07. The first-order valence-corrected chi connectivity index (χ1v) is 10.8. The molecule has 1 atom stereocenters. The van der Waals surface area contributed by atoms with E-state index in [0.29, 0.717) is 31.8 Å². The first-order valence-electron chi connectivity index (χ1n) is 10.8. The van der Waals surface area contributed by atoms with Crippen molar-refractivity contribution in [1.82, 2.24) is 9.80 Å². The molecular formula is C22H30F2N3O3+. The van der Waals surface area contributed by atoms with Gasteiger partial charge in [0.25, 0.3) is 5.91 Å². The highest BCUT2D eigenvalue weighted by Gasteiger charge is 2.54. The van der Waals surface area contributed by atoms with E-state index in [4.69, 9.17) is 4.74 Å². The molecule has 1 aliphatic carbocycles. The summed E-state index contributed by atoms with van der Waals surface area (Å²) >= 11 is 0. The molecule has 0 radical (unpaired) electrons. The van der Waals surface area contributed by atoms with Crippen LogP contribution in [-0.4, -0.2) is 73.2 Å². The molecule has 1 N–H and O–H groups in total. The number of amides is 2. The first-order chi connectivity index (χ1) is 14.3. The van der Waals surface area contributed by atoms with Gasteiger partial charge in [-0.05, 0) is 43.7 Å². The minimum absolute atomic E-state index is 0.0865. The molecule has 2 aliphatic heterocycles. The van der Waals surface area contributed by atoms with Crippen molar-refractivity contribution in [3.63, 3.8) is 0 Å². The Morgan fingerprint density at radius 3 is 2.30 bits per heavy atom. The van der Waals surface area contributed by atoms with Crippen molar-refractivity contribution in [3.05, 3.63) is 35.4 Å². The number of rotatable bonds is 2. The lowest BCUT2D eigenvalue weighted by molar-refractivity contribution is -0.883. The highest BCUT2D eigenvalue weighted by atomic mass is 19.1. The zero-order valence-corrected chi connectivity index (χ0v) is 17.6. The summed E-state index contributed by atoms with van der Waals surface area (Å²) in [5.41, 5.74) is -0.971. The molecule has 2 heterocycles. The molecule has 0 unspecified atom stereocenters. The van der Waals surface area contributed by atoms with Crippen molar-refractivity contribution < 1.29 is 28.0 Å². The molecule has 1 aromatic carbocycles. The fraction of sp³-hybridized carbons (Fsp3) is 0.636. The Balaban J connectivity index is 1.65. The number of hydrogen-bond donors (Lipinski definition) is 1. The van der Waals surface area contributed by atoms with Gasteiger partial charge in [0.2, 0.25) is 5.91 Å². The van der Waals surface area contributed by atoms with E-state index >= 15 is 0 Å². The highest BCUT2D eigenvalue weighted by Crippen LogP contribution is 2.43. The lowest BCUT2D eigenvalue weighted by Gasteiger charge is -2.43. The Labute approximate surface area is 175 Å². The topological polar surface area (TPSA) is 54.3 Å². The quantitative estimate of drug-likeness (QED) is 0.776. The lowest BCUT2D eigenvalue weighted by Crippen LogP contribution is -3.12. The average molecular weight is 422 g/mol. The molecular weight excluding hydrogens is 392 g/mol. The molecule has 0 aromatic heterocycles. The van der Waals surface area contributed by atoms with Gasteiger partial charge < -0.3 is 14.5 Å². The number of hydrogen-bond acceptors (Lipinski definition) is 3. The van der Waals surface area contributed by atoms with E-state index in [9.17, 15) is 18.4 Å². The van der Waals surface area contributed by atoms with Gasteiger partial charge in [0.1, 0.15) is 23.4 Å². The number of halogens is 2. The maximum absolute atomic E-state index is 13.8. The number of nitrogens with zero attached hydrogens (tertiary/aromatic N) is 2. The highest BCUT2D eigenvalue weighted by molar-refractivity contribution is 5.98. The summed E-state index contributed by atoms with van der Waals surface area (Å²) in [5.74, 6) is -1.79. The molecule has 6 nitrogen and oxygen atoms in total. The molecule has 3 fully saturated rings. The van der Waals surface area contributed by atoms with Crippen LogP contribution in [0.15, 0.2) is 18.2 Å². The van der Waals surface area contributed by atoms with Crippen LogP contribution in [0.4, 0.5) is 8.78 Å². The van der Waals surface area contributed by atoms with E-state index in [-0.39, 0.29) is 18.1 Å². The van der Waals surface area contributed by atoms with Crippen LogP contribution >= 0.6 is 0 Å². The van der Waals surface area contributed by atoms with Gasteiger partial charge in [-0.1, -0.05) is 6.92 Å². The van der Waals surface area contributed by atoms with Crippen LogP contribution in [0, 0.1) is 17.6 Å². The molecule has 164 valence electrons. The fourth-order valence-electron chi connectivity index (χ4n) is 4.90. The van der Waals surface area contributed by atoms with Gasteiger partial charge in [-0.2, -0.15) is 0 Å². The molecule has 2 saturated heterocycles. The number of benzene rings is 1. The van der Waals surface area contributed by atoms with Crippen molar-refractivity contribution in [2.24, 2.45) is 5.92 Å². The normalized spacial score (nSPS) is 30.1. The van der Waals surface area contributed by atoms with E-state index < -0.39 is 29.3 Å². The largest absolute Gasteiger partial charge is 0.353 e. The van der Waals surface area contributed by atoms with E-state index in [1.54, 1.807) is 4.90 Å². The fourth-order valence-corrected chi connectivity index (χ4v) is 4.90. The van der Waals surface area contributed by atoms with E-state index in [1.807, 2.05) is 0 Å². The van der Waals surface area contributed by atoms with Gasteiger partial charge in [-0.25, -0.2) is 8.78 Å². The summed E-state index contributed by atoms with van der Waals surface area (Å²) in [6.45, 7) is 5.24. The number of carbonyl (C=O) groups is 2. The van der Waals surface area contributed by atoms with E-state index in [1.165, 1.54) is 9.80 Å². The van der Waals surface area contributed by atoms with Crippen molar-refractivity contribution >= 4 is 11.8 Å². The number of nitrogens with one attached hydrogen (secondary N) is 1. The molecule has 4 rings (SSSR count). The summed E-state index contributed by atoms with van der Waals surface area (Å²) in [4.78, 5) is 31.5. The Bertz CT molecular complexity index is 798. The molecule has 8 heteroatoms. The molecule has 1 saturated carbocycles. The molecule has 30 heavy (non-hydrogen) atoms. The minimum Gasteiger partial charge on any atom is -0.353 e. The van der Waals surface area contributed by atoms with Crippen LogP contribution in [0.5, 0.6) is 0 Å². The molecule has 1 spiro atoms. The number of piperazine rings is 1. The third-order valence-electron chi connectivity index (χ3n) is 6.86. The Hall–Kier alpha value is -2.06. The van der Waals surface area contributed by atoms with Gasteiger partial charge in [0.15, 0.2) is 0 Å². The monoisotopic (exact) mass is 422 g/mol. The number of ether oxygens (including phenoxy) is 1. The molecule has 1 aromatic rings. The maximum Gasteiger partial charge on any atom is 0.257 e. The summed E-state index contributed by atoms with van der Waals surface area (Å²) < 4.78 is 33.8. The third kappa shape index (κ3) is 3.95. The zero-order valence-electron chi connectivity index (χ0n) is 17.6. The third-order valence-corrected chi connectivity index (χ3v) is 6.86. The maximum atomic E-state index is 13.8. The van der Waals surface area contributed by atoms with Crippen LogP contribution < -0.4 is 4.90 Å². The number of quaternary nitrogens is 1. The molecule has 0 bridgehead atoms. The van der Waals surface area contributed by atoms with E-state index in [0.717, 1.165) is 44.1 Å². The predicted octanol–water partition coefficient (Wildman–Crippen LogP) is 1.07. The van der Waals surface area contributed by atoms with E-state index in [2.05, 4.69) is 14.0 Å². The predicted molar refractivity (Wildman–Crippen MR) is 106 cm³/mol. The van der Waals surface area contributed by atoms with Crippen LogP contribution in [0.1, 0.15) is 43.0 Å². The van der Waals surface area contributed by atoms with Gasteiger partial charge in [-0.15, -0.1) is 0 Å². The Kier molecular flexibility index (Phi) is 5.81. The standard InChI is InChI=1S/C22H29F2N3O3/c1-15-3-5-22(6-4-15)27(20(28)16-11-17(23)13-18(24)12-16)19(14-30-22)21(29)26-9-7-25(2)8-10-26/h11-13,15,19H,3-10,14H2,1-2H3/p+1/t15?,19-,22?/m1/s1. The summed E-state index contributed by atoms with van der Waals surface area (Å²) in [7, 11) is 2.09. The van der Waals surface area contributed by atoms with Crippen LogP contribution in [0.25, 0.3) is 0 Å². The average Bonchev–Trinajstić information content (AvgIpc) is 3.08. The van der Waals surface area contributed by atoms with Crippen LogP contribution in [0.2, 0.25) is 0 Å². The van der Waals surface area contributed by atoms with Crippen molar-refractivity contribution in [1.29, 1.82) is 0 Å². The number of carbonyl (C=O) groups excluding carboxylic acids is 2. The van der Waals surface area contributed by atoms with Crippen molar-refractivity contribution in [2.75, 3.05) is 39.8 Å². The smallest absolute Gasteiger partial charge is 0.257 e. The van der Waals surface area contributed by atoms with Crippen LogP contribution in [-0.2, 0) is 9.53 Å². The first kappa shape index (κ1) is 21.2. The van der Waals surface area contributed by atoms with Gasteiger partial charge in [0.05, 0.1) is 39.8 Å².